The maximum Gasteiger partial charge on any atom is 0.408 e. The molecular formula is C25H27NO8. The van der Waals surface area contributed by atoms with Gasteiger partial charge in [-0.25, -0.2) is 19.2 Å². The van der Waals surface area contributed by atoms with Crippen molar-refractivity contribution in [3.63, 3.8) is 0 Å². The summed E-state index contributed by atoms with van der Waals surface area (Å²) in [5.74, 6) is -1.16. The highest BCUT2D eigenvalue weighted by atomic mass is 16.6. The lowest BCUT2D eigenvalue weighted by Crippen LogP contribution is -2.36. The molecule has 0 fully saturated rings. The third kappa shape index (κ3) is 6.34. The Bertz CT molecular complexity index is 1320. The quantitative estimate of drug-likeness (QED) is 0.259. The zero-order valence-electron chi connectivity index (χ0n) is 19.9. The Labute approximate surface area is 196 Å². The number of hydrogen-bond donors (Lipinski definition) is 1. The van der Waals surface area contributed by atoms with Crippen LogP contribution in [0, 0.1) is 0 Å². The Morgan fingerprint density at radius 2 is 1.50 bits per heavy atom. The van der Waals surface area contributed by atoms with E-state index in [1.807, 2.05) is 0 Å². The molecule has 0 spiro atoms. The molecule has 1 amide bonds. The maximum absolute atomic E-state index is 12.6. The van der Waals surface area contributed by atoms with Crippen molar-refractivity contribution in [2.45, 2.75) is 52.7 Å². The third-order valence-electron chi connectivity index (χ3n) is 4.33. The number of benzene rings is 2. The third-order valence-corrected chi connectivity index (χ3v) is 4.33. The summed E-state index contributed by atoms with van der Waals surface area (Å²) in [4.78, 5) is 48.7. The Balaban J connectivity index is 1.81. The number of carbonyl (C=O) groups excluding carboxylic acids is 3. The van der Waals surface area contributed by atoms with E-state index in [1.165, 1.54) is 18.2 Å². The molecule has 2 aromatic carbocycles. The molecule has 9 heteroatoms. The molecule has 0 radical (unpaired) electrons. The minimum absolute atomic E-state index is 0.112. The lowest BCUT2D eigenvalue weighted by molar-refractivity contribution is -0.133. The average Bonchev–Trinajstić information content (AvgIpc) is 2.69. The molecule has 3 rings (SSSR count). The standard InChI is InChI=1S/C25H27NO8/c1-24(2,3)33-21(28)14-7-9-17-16-10-8-15(12-18(16)22(29)32-19(17)11-14)31-20(27)13-26-23(30)34-25(4,5)6/h7-12H,13H2,1-6H3,(H,26,30). The van der Waals surface area contributed by atoms with Crippen LogP contribution in [-0.2, 0) is 14.3 Å². The van der Waals surface area contributed by atoms with Gasteiger partial charge in [0.15, 0.2) is 0 Å². The van der Waals surface area contributed by atoms with Gasteiger partial charge in [0, 0.05) is 10.8 Å². The number of carbonyl (C=O) groups is 3. The second-order valence-corrected chi connectivity index (χ2v) is 9.64. The zero-order valence-corrected chi connectivity index (χ0v) is 19.9. The van der Waals surface area contributed by atoms with Gasteiger partial charge in [-0.3, -0.25) is 0 Å². The first-order chi connectivity index (χ1) is 15.7. The van der Waals surface area contributed by atoms with E-state index in [0.717, 1.165) is 0 Å². The molecule has 1 N–H and O–H groups in total. The SMILES string of the molecule is CC(C)(C)OC(=O)NCC(=O)Oc1ccc2c(c1)c(=O)oc1cc(C(=O)OC(C)(C)C)ccc12. The van der Waals surface area contributed by atoms with Crippen LogP contribution in [0.1, 0.15) is 51.9 Å². The topological polar surface area (TPSA) is 121 Å². The zero-order chi connectivity index (χ0) is 25.3. The molecule has 0 unspecified atom stereocenters. The van der Waals surface area contributed by atoms with Gasteiger partial charge in [-0.1, -0.05) is 0 Å². The van der Waals surface area contributed by atoms with Gasteiger partial charge in [0.1, 0.15) is 29.1 Å². The molecule has 0 aliphatic carbocycles. The van der Waals surface area contributed by atoms with Crippen molar-refractivity contribution in [2.75, 3.05) is 6.54 Å². The van der Waals surface area contributed by atoms with Gasteiger partial charge in [-0.15, -0.1) is 0 Å². The Kier molecular flexibility index (Phi) is 6.67. The molecule has 1 heterocycles. The van der Waals surface area contributed by atoms with Crippen molar-refractivity contribution in [3.8, 4) is 5.75 Å². The summed E-state index contributed by atoms with van der Waals surface area (Å²) in [6.07, 6.45) is -0.749. The first kappa shape index (κ1) is 24.8. The molecule has 34 heavy (non-hydrogen) atoms. The molecule has 0 saturated heterocycles. The van der Waals surface area contributed by atoms with E-state index in [2.05, 4.69) is 5.32 Å². The van der Waals surface area contributed by atoms with E-state index in [0.29, 0.717) is 10.8 Å². The normalized spacial score (nSPS) is 11.8. The van der Waals surface area contributed by atoms with Gasteiger partial charge in [-0.2, -0.15) is 0 Å². The lowest BCUT2D eigenvalue weighted by atomic mass is 10.1. The van der Waals surface area contributed by atoms with Crippen molar-refractivity contribution < 1.29 is 33.0 Å². The van der Waals surface area contributed by atoms with Gasteiger partial charge in [0.25, 0.3) is 0 Å². The number of ether oxygens (including phenoxy) is 3. The first-order valence-electron chi connectivity index (χ1n) is 10.6. The van der Waals surface area contributed by atoms with E-state index < -0.39 is 41.4 Å². The van der Waals surface area contributed by atoms with Gasteiger partial charge in [-0.05, 0) is 77.9 Å². The fraction of sp³-hybridized carbons (Fsp3) is 0.360. The van der Waals surface area contributed by atoms with Gasteiger partial charge in [0.05, 0.1) is 10.9 Å². The summed E-state index contributed by atoms with van der Waals surface area (Å²) < 4.78 is 21.0. The van der Waals surface area contributed by atoms with Crippen LogP contribution in [0.5, 0.6) is 5.75 Å². The number of alkyl carbamates (subject to hydrolysis) is 1. The summed E-state index contributed by atoms with van der Waals surface area (Å²) in [5.41, 5.74) is -1.53. The fourth-order valence-corrected chi connectivity index (χ4v) is 3.06. The Morgan fingerprint density at radius 1 is 0.853 bits per heavy atom. The number of hydrogen-bond acceptors (Lipinski definition) is 8. The van der Waals surface area contributed by atoms with Crippen molar-refractivity contribution in [1.82, 2.24) is 5.32 Å². The van der Waals surface area contributed by atoms with Crippen LogP contribution in [0.4, 0.5) is 4.79 Å². The smallest absolute Gasteiger partial charge is 0.408 e. The lowest BCUT2D eigenvalue weighted by Gasteiger charge is -2.19. The highest BCUT2D eigenvalue weighted by Gasteiger charge is 2.20. The van der Waals surface area contributed by atoms with Crippen LogP contribution in [0.3, 0.4) is 0 Å². The van der Waals surface area contributed by atoms with E-state index in [1.54, 1.807) is 59.7 Å². The fourth-order valence-electron chi connectivity index (χ4n) is 3.06. The minimum atomic E-state index is -0.749. The number of rotatable bonds is 4. The molecular weight excluding hydrogens is 442 g/mol. The van der Waals surface area contributed by atoms with Crippen molar-refractivity contribution >= 4 is 39.8 Å². The molecule has 180 valence electrons. The highest BCUT2D eigenvalue weighted by molar-refractivity contribution is 6.06. The molecule has 3 aromatic rings. The number of esters is 2. The molecule has 0 saturated carbocycles. The Hall–Kier alpha value is -3.88. The summed E-state index contributed by atoms with van der Waals surface area (Å²) in [6.45, 7) is 9.98. The molecule has 9 nitrogen and oxygen atoms in total. The average molecular weight is 469 g/mol. The summed E-state index contributed by atoms with van der Waals surface area (Å²) in [6, 6.07) is 9.23. The van der Waals surface area contributed by atoms with Crippen LogP contribution < -0.4 is 15.7 Å². The largest absolute Gasteiger partial charge is 0.456 e. The van der Waals surface area contributed by atoms with Crippen LogP contribution in [-0.4, -0.2) is 35.8 Å². The first-order valence-corrected chi connectivity index (χ1v) is 10.6. The second kappa shape index (κ2) is 9.17. The van der Waals surface area contributed by atoms with Crippen molar-refractivity contribution in [2.24, 2.45) is 0 Å². The molecule has 0 aliphatic heterocycles. The van der Waals surface area contributed by atoms with Gasteiger partial charge >= 0.3 is 23.7 Å². The Morgan fingerprint density at radius 3 is 2.15 bits per heavy atom. The van der Waals surface area contributed by atoms with E-state index in [4.69, 9.17) is 18.6 Å². The van der Waals surface area contributed by atoms with Crippen LogP contribution in [0.15, 0.2) is 45.6 Å². The van der Waals surface area contributed by atoms with Gasteiger partial charge < -0.3 is 23.9 Å². The number of nitrogens with one attached hydrogen (secondary N) is 1. The summed E-state index contributed by atoms with van der Waals surface area (Å²) >= 11 is 0. The molecule has 0 bridgehead atoms. The summed E-state index contributed by atoms with van der Waals surface area (Å²) in [7, 11) is 0. The predicted molar refractivity (Wildman–Crippen MR) is 125 cm³/mol. The van der Waals surface area contributed by atoms with Crippen LogP contribution in [0.2, 0.25) is 0 Å². The van der Waals surface area contributed by atoms with E-state index >= 15 is 0 Å². The van der Waals surface area contributed by atoms with E-state index in [-0.39, 0.29) is 22.3 Å². The number of fused-ring (bicyclic) bond motifs is 3. The monoisotopic (exact) mass is 469 g/mol. The van der Waals surface area contributed by atoms with Crippen LogP contribution in [0.25, 0.3) is 21.7 Å². The van der Waals surface area contributed by atoms with Crippen molar-refractivity contribution in [1.29, 1.82) is 0 Å². The molecule has 0 atom stereocenters. The number of amides is 1. The second-order valence-electron chi connectivity index (χ2n) is 9.64. The summed E-state index contributed by atoms with van der Waals surface area (Å²) in [5, 5.41) is 3.67. The van der Waals surface area contributed by atoms with E-state index in [9.17, 15) is 19.2 Å². The predicted octanol–water partition coefficient (Wildman–Crippen LogP) is 4.33. The minimum Gasteiger partial charge on any atom is -0.456 e. The maximum atomic E-state index is 12.6. The molecule has 1 aromatic heterocycles. The van der Waals surface area contributed by atoms with Crippen molar-refractivity contribution in [3.05, 3.63) is 52.4 Å². The van der Waals surface area contributed by atoms with Gasteiger partial charge in [0.2, 0.25) is 0 Å². The molecule has 0 aliphatic rings. The highest BCUT2D eigenvalue weighted by Crippen LogP contribution is 2.27. The van der Waals surface area contributed by atoms with Crippen LogP contribution >= 0.6 is 0 Å².